The van der Waals surface area contributed by atoms with Crippen LogP contribution in [0.4, 0.5) is 0 Å². The number of halogens is 1. The van der Waals surface area contributed by atoms with Gasteiger partial charge in [-0.15, -0.1) is 0 Å². The largest absolute Gasteiger partial charge is 0.506 e. The maximum absolute atomic E-state index is 9.88. The number of hydrogen-bond donors (Lipinski definition) is 2. The number of ether oxygens (including phenoxy) is 1. The zero-order valence-corrected chi connectivity index (χ0v) is 10.9. The SMILES string of the molecule is Cc1cc(Br)c(O)c(CNC2CCOC2)c1. The molecule has 2 N–H and O–H groups in total. The zero-order chi connectivity index (χ0) is 11.5. The summed E-state index contributed by atoms with van der Waals surface area (Å²) in [5.41, 5.74) is 2.07. The van der Waals surface area contributed by atoms with Crippen molar-refractivity contribution < 1.29 is 9.84 Å². The molecule has 88 valence electrons. The van der Waals surface area contributed by atoms with Crippen molar-refractivity contribution in [3.63, 3.8) is 0 Å². The molecule has 0 saturated carbocycles. The standard InChI is InChI=1S/C12H16BrNO2/c1-8-4-9(12(15)11(13)5-8)6-14-10-2-3-16-7-10/h4-5,10,14-15H,2-3,6-7H2,1H3. The molecule has 1 aliphatic heterocycles. The van der Waals surface area contributed by atoms with E-state index in [0.717, 1.165) is 35.2 Å². The zero-order valence-electron chi connectivity index (χ0n) is 9.29. The van der Waals surface area contributed by atoms with Gasteiger partial charge in [-0.3, -0.25) is 0 Å². The van der Waals surface area contributed by atoms with Gasteiger partial charge in [0.15, 0.2) is 0 Å². The lowest BCUT2D eigenvalue weighted by Gasteiger charge is -2.13. The molecule has 3 nitrogen and oxygen atoms in total. The minimum absolute atomic E-state index is 0.331. The highest BCUT2D eigenvalue weighted by atomic mass is 79.9. The normalized spacial score (nSPS) is 20.2. The summed E-state index contributed by atoms with van der Waals surface area (Å²) in [6, 6.07) is 4.33. The fraction of sp³-hybridized carbons (Fsp3) is 0.500. The Balaban J connectivity index is 2.02. The second kappa shape index (κ2) is 5.17. The molecule has 1 aromatic carbocycles. The van der Waals surface area contributed by atoms with Crippen molar-refractivity contribution in [3.05, 3.63) is 27.7 Å². The summed E-state index contributed by atoms with van der Waals surface area (Å²) in [7, 11) is 0. The molecule has 0 aliphatic carbocycles. The summed E-state index contributed by atoms with van der Waals surface area (Å²) in [4.78, 5) is 0. The summed E-state index contributed by atoms with van der Waals surface area (Å²) in [5.74, 6) is 0.331. The minimum Gasteiger partial charge on any atom is -0.506 e. The fourth-order valence-corrected chi connectivity index (χ4v) is 2.51. The highest BCUT2D eigenvalue weighted by molar-refractivity contribution is 9.10. The average molecular weight is 286 g/mol. The molecule has 2 rings (SSSR count). The molecule has 1 aliphatic rings. The van der Waals surface area contributed by atoms with Crippen molar-refractivity contribution in [1.29, 1.82) is 0 Å². The van der Waals surface area contributed by atoms with Crippen LogP contribution in [-0.4, -0.2) is 24.4 Å². The van der Waals surface area contributed by atoms with Gasteiger partial charge < -0.3 is 15.2 Å². The maximum Gasteiger partial charge on any atom is 0.134 e. The van der Waals surface area contributed by atoms with E-state index in [2.05, 4.69) is 21.2 Å². The van der Waals surface area contributed by atoms with Crippen LogP contribution >= 0.6 is 15.9 Å². The summed E-state index contributed by atoms with van der Waals surface area (Å²) >= 11 is 3.35. The van der Waals surface area contributed by atoms with Gasteiger partial charge in [0, 0.05) is 24.8 Å². The van der Waals surface area contributed by atoms with E-state index in [1.807, 2.05) is 19.1 Å². The Morgan fingerprint density at radius 1 is 1.56 bits per heavy atom. The number of hydrogen-bond acceptors (Lipinski definition) is 3. The van der Waals surface area contributed by atoms with Crippen molar-refractivity contribution in [3.8, 4) is 5.75 Å². The molecule has 1 unspecified atom stereocenters. The highest BCUT2D eigenvalue weighted by Gasteiger charge is 2.15. The van der Waals surface area contributed by atoms with Crippen LogP contribution < -0.4 is 5.32 Å². The second-order valence-corrected chi connectivity index (χ2v) is 5.05. The summed E-state index contributed by atoms with van der Waals surface area (Å²) in [5, 5.41) is 13.3. The van der Waals surface area contributed by atoms with Gasteiger partial charge in [0.1, 0.15) is 5.75 Å². The van der Waals surface area contributed by atoms with Crippen LogP contribution in [0.5, 0.6) is 5.75 Å². The predicted octanol–water partition coefficient (Wildman–Crippen LogP) is 2.34. The molecule has 0 radical (unpaired) electrons. The third-order valence-electron chi connectivity index (χ3n) is 2.80. The Hall–Kier alpha value is -0.580. The Morgan fingerprint density at radius 2 is 2.38 bits per heavy atom. The average Bonchev–Trinajstić information content (AvgIpc) is 2.74. The molecule has 0 amide bonds. The molecular formula is C12H16BrNO2. The first-order chi connectivity index (χ1) is 7.66. The summed E-state index contributed by atoms with van der Waals surface area (Å²) < 4.78 is 6.05. The molecule has 1 heterocycles. The number of benzene rings is 1. The van der Waals surface area contributed by atoms with E-state index >= 15 is 0 Å². The Labute approximate surface area is 104 Å². The van der Waals surface area contributed by atoms with Gasteiger partial charge in [-0.05, 0) is 40.9 Å². The fourth-order valence-electron chi connectivity index (χ4n) is 1.89. The molecule has 16 heavy (non-hydrogen) atoms. The van der Waals surface area contributed by atoms with Crippen molar-refractivity contribution >= 4 is 15.9 Å². The van der Waals surface area contributed by atoms with Gasteiger partial charge in [0.25, 0.3) is 0 Å². The number of phenols is 1. The number of nitrogens with one attached hydrogen (secondary N) is 1. The van der Waals surface area contributed by atoms with E-state index in [4.69, 9.17) is 4.74 Å². The second-order valence-electron chi connectivity index (χ2n) is 4.20. The molecule has 0 spiro atoms. The first-order valence-corrected chi connectivity index (χ1v) is 6.25. The number of aromatic hydroxyl groups is 1. The van der Waals surface area contributed by atoms with Gasteiger partial charge in [-0.1, -0.05) is 6.07 Å². The Morgan fingerprint density at radius 3 is 3.06 bits per heavy atom. The molecular weight excluding hydrogens is 270 g/mol. The van der Waals surface area contributed by atoms with E-state index in [9.17, 15) is 5.11 Å². The predicted molar refractivity (Wildman–Crippen MR) is 66.6 cm³/mol. The lowest BCUT2D eigenvalue weighted by molar-refractivity contribution is 0.189. The molecule has 1 atom stereocenters. The van der Waals surface area contributed by atoms with Gasteiger partial charge in [0.05, 0.1) is 11.1 Å². The Kier molecular flexibility index (Phi) is 3.84. The van der Waals surface area contributed by atoms with E-state index in [1.54, 1.807) is 0 Å². The van der Waals surface area contributed by atoms with Crippen molar-refractivity contribution in [2.75, 3.05) is 13.2 Å². The van der Waals surface area contributed by atoms with Crippen molar-refractivity contribution in [2.24, 2.45) is 0 Å². The lowest BCUT2D eigenvalue weighted by atomic mass is 10.1. The van der Waals surface area contributed by atoms with Crippen LogP contribution in [0, 0.1) is 6.92 Å². The topological polar surface area (TPSA) is 41.5 Å². The van der Waals surface area contributed by atoms with Gasteiger partial charge >= 0.3 is 0 Å². The smallest absolute Gasteiger partial charge is 0.134 e. The third kappa shape index (κ3) is 2.75. The van der Waals surface area contributed by atoms with Crippen LogP contribution in [0.3, 0.4) is 0 Å². The molecule has 4 heteroatoms. The van der Waals surface area contributed by atoms with Crippen molar-refractivity contribution in [1.82, 2.24) is 5.32 Å². The summed E-state index contributed by atoms with van der Waals surface area (Å²) in [6.45, 7) is 4.31. The van der Waals surface area contributed by atoms with E-state index in [1.165, 1.54) is 0 Å². The third-order valence-corrected chi connectivity index (χ3v) is 3.40. The summed E-state index contributed by atoms with van der Waals surface area (Å²) in [6.07, 6.45) is 1.05. The Bertz CT molecular complexity index is 376. The van der Waals surface area contributed by atoms with Crippen LogP contribution in [0.25, 0.3) is 0 Å². The monoisotopic (exact) mass is 285 g/mol. The quantitative estimate of drug-likeness (QED) is 0.896. The highest BCUT2D eigenvalue weighted by Crippen LogP contribution is 2.29. The van der Waals surface area contributed by atoms with E-state index < -0.39 is 0 Å². The van der Waals surface area contributed by atoms with Crippen molar-refractivity contribution in [2.45, 2.75) is 25.9 Å². The van der Waals surface area contributed by atoms with Gasteiger partial charge in [-0.2, -0.15) is 0 Å². The van der Waals surface area contributed by atoms with Crippen LogP contribution in [0.1, 0.15) is 17.5 Å². The number of rotatable bonds is 3. The molecule has 1 fully saturated rings. The van der Waals surface area contributed by atoms with Crippen LogP contribution in [0.2, 0.25) is 0 Å². The number of aryl methyl sites for hydroxylation is 1. The molecule has 1 aromatic rings. The van der Waals surface area contributed by atoms with E-state index in [0.29, 0.717) is 18.3 Å². The maximum atomic E-state index is 9.88. The first-order valence-electron chi connectivity index (χ1n) is 5.46. The minimum atomic E-state index is 0.331. The van der Waals surface area contributed by atoms with Crippen LogP contribution in [0.15, 0.2) is 16.6 Å². The lowest BCUT2D eigenvalue weighted by Crippen LogP contribution is -2.28. The molecule has 0 aromatic heterocycles. The van der Waals surface area contributed by atoms with Gasteiger partial charge in [-0.25, -0.2) is 0 Å². The van der Waals surface area contributed by atoms with Crippen LogP contribution in [-0.2, 0) is 11.3 Å². The molecule has 0 bridgehead atoms. The molecule has 1 saturated heterocycles. The number of phenolic OH excluding ortho intramolecular Hbond substituents is 1. The van der Waals surface area contributed by atoms with Gasteiger partial charge in [0.2, 0.25) is 0 Å². The first kappa shape index (κ1) is 11.9. The van der Waals surface area contributed by atoms with E-state index in [-0.39, 0.29) is 0 Å².